The zero-order valence-corrected chi connectivity index (χ0v) is 9.60. The molecule has 4 heteroatoms. The lowest BCUT2D eigenvalue weighted by atomic mass is 10.1. The second-order valence-corrected chi connectivity index (χ2v) is 3.65. The Balaban J connectivity index is 2.35. The summed E-state index contributed by atoms with van der Waals surface area (Å²) in [4.78, 5) is 8.42. The van der Waals surface area contributed by atoms with Gasteiger partial charge in [0.1, 0.15) is 11.6 Å². The maximum Gasteiger partial charge on any atom is 0.149 e. The molecule has 1 N–H and O–H groups in total. The van der Waals surface area contributed by atoms with Crippen LogP contribution in [0.15, 0.2) is 42.7 Å². The van der Waals surface area contributed by atoms with E-state index in [0.29, 0.717) is 5.82 Å². The van der Waals surface area contributed by atoms with Crippen molar-refractivity contribution in [1.82, 2.24) is 15.3 Å². The lowest BCUT2D eigenvalue weighted by Crippen LogP contribution is -2.24. The largest absolute Gasteiger partial charge is 0.304 e. The SMILES string of the molecule is CCNC(c1cccc(F)c1)c1ncccn1. The second-order valence-electron chi connectivity index (χ2n) is 3.65. The summed E-state index contributed by atoms with van der Waals surface area (Å²) in [5, 5.41) is 3.25. The summed E-state index contributed by atoms with van der Waals surface area (Å²) in [6.45, 7) is 2.76. The van der Waals surface area contributed by atoms with Gasteiger partial charge >= 0.3 is 0 Å². The van der Waals surface area contributed by atoms with E-state index in [4.69, 9.17) is 0 Å². The van der Waals surface area contributed by atoms with Gasteiger partial charge in [-0.2, -0.15) is 0 Å². The molecule has 88 valence electrons. The van der Waals surface area contributed by atoms with Crippen molar-refractivity contribution in [3.05, 3.63) is 59.9 Å². The van der Waals surface area contributed by atoms with E-state index >= 15 is 0 Å². The summed E-state index contributed by atoms with van der Waals surface area (Å²) >= 11 is 0. The molecule has 0 spiro atoms. The topological polar surface area (TPSA) is 37.8 Å². The lowest BCUT2D eigenvalue weighted by Gasteiger charge is -2.16. The van der Waals surface area contributed by atoms with Crippen LogP contribution in [0.2, 0.25) is 0 Å². The first-order valence-corrected chi connectivity index (χ1v) is 5.57. The number of hydrogen-bond donors (Lipinski definition) is 1. The number of rotatable bonds is 4. The van der Waals surface area contributed by atoms with Gasteiger partial charge in [-0.05, 0) is 30.3 Å². The van der Waals surface area contributed by atoms with Crippen molar-refractivity contribution in [2.45, 2.75) is 13.0 Å². The monoisotopic (exact) mass is 231 g/mol. The number of nitrogens with zero attached hydrogens (tertiary/aromatic N) is 2. The molecule has 1 aromatic carbocycles. The normalized spacial score (nSPS) is 12.4. The van der Waals surface area contributed by atoms with E-state index in [1.807, 2.05) is 13.0 Å². The minimum absolute atomic E-state index is 0.170. The number of benzene rings is 1. The van der Waals surface area contributed by atoms with Gasteiger partial charge in [0.2, 0.25) is 0 Å². The third-order valence-electron chi connectivity index (χ3n) is 2.43. The Labute approximate surface area is 99.7 Å². The lowest BCUT2D eigenvalue weighted by molar-refractivity contribution is 0.583. The molecule has 1 unspecified atom stereocenters. The Hall–Kier alpha value is -1.81. The molecule has 0 aliphatic carbocycles. The highest BCUT2D eigenvalue weighted by atomic mass is 19.1. The fourth-order valence-corrected chi connectivity index (χ4v) is 1.71. The predicted octanol–water partition coefficient (Wildman–Crippen LogP) is 2.31. The number of nitrogens with one attached hydrogen (secondary N) is 1. The molecule has 0 amide bonds. The molecule has 0 radical (unpaired) electrons. The van der Waals surface area contributed by atoms with Crippen LogP contribution in [-0.2, 0) is 0 Å². The maximum atomic E-state index is 13.2. The molecule has 2 aromatic rings. The van der Waals surface area contributed by atoms with Gasteiger partial charge in [-0.3, -0.25) is 0 Å². The van der Waals surface area contributed by atoms with Crippen molar-refractivity contribution in [3.63, 3.8) is 0 Å². The van der Waals surface area contributed by atoms with Crippen LogP contribution in [0.1, 0.15) is 24.4 Å². The Morgan fingerprint density at radius 2 is 2.00 bits per heavy atom. The molecule has 1 heterocycles. The molecular weight excluding hydrogens is 217 g/mol. The summed E-state index contributed by atoms with van der Waals surface area (Å²) in [6, 6.07) is 8.09. The zero-order chi connectivity index (χ0) is 12.1. The summed E-state index contributed by atoms with van der Waals surface area (Å²) < 4.78 is 13.2. The second kappa shape index (κ2) is 5.50. The van der Waals surface area contributed by atoms with Gasteiger partial charge in [-0.15, -0.1) is 0 Å². The number of hydrogen-bond acceptors (Lipinski definition) is 3. The van der Waals surface area contributed by atoms with Gasteiger partial charge in [0, 0.05) is 12.4 Å². The van der Waals surface area contributed by atoms with Crippen LogP contribution in [-0.4, -0.2) is 16.5 Å². The standard InChI is InChI=1S/C13H14FN3/c1-2-15-12(13-16-7-4-8-17-13)10-5-3-6-11(14)9-10/h3-9,12,15H,2H2,1H3. The van der Waals surface area contributed by atoms with Gasteiger partial charge in [0.15, 0.2) is 0 Å². The van der Waals surface area contributed by atoms with E-state index in [1.165, 1.54) is 12.1 Å². The van der Waals surface area contributed by atoms with Crippen LogP contribution in [0.5, 0.6) is 0 Å². The minimum Gasteiger partial charge on any atom is -0.304 e. The highest BCUT2D eigenvalue weighted by Crippen LogP contribution is 2.19. The van der Waals surface area contributed by atoms with E-state index in [1.54, 1.807) is 24.5 Å². The van der Waals surface area contributed by atoms with Crippen molar-refractivity contribution in [1.29, 1.82) is 0 Å². The highest BCUT2D eigenvalue weighted by molar-refractivity contribution is 5.25. The molecule has 0 saturated carbocycles. The molecular formula is C13H14FN3. The molecule has 0 aliphatic rings. The maximum absolute atomic E-state index is 13.2. The van der Waals surface area contributed by atoms with Gasteiger partial charge in [-0.1, -0.05) is 19.1 Å². The van der Waals surface area contributed by atoms with Crippen molar-refractivity contribution in [3.8, 4) is 0 Å². The van der Waals surface area contributed by atoms with Crippen LogP contribution in [0.3, 0.4) is 0 Å². The third kappa shape index (κ3) is 2.85. The predicted molar refractivity (Wildman–Crippen MR) is 64.0 cm³/mol. The molecule has 17 heavy (non-hydrogen) atoms. The van der Waals surface area contributed by atoms with Crippen molar-refractivity contribution < 1.29 is 4.39 Å². The van der Waals surface area contributed by atoms with Gasteiger partial charge in [-0.25, -0.2) is 14.4 Å². The average molecular weight is 231 g/mol. The summed E-state index contributed by atoms with van der Waals surface area (Å²) in [5.41, 5.74) is 0.832. The molecule has 3 nitrogen and oxygen atoms in total. The number of halogens is 1. The summed E-state index contributed by atoms with van der Waals surface area (Å²) in [5.74, 6) is 0.404. The third-order valence-corrected chi connectivity index (χ3v) is 2.43. The van der Waals surface area contributed by atoms with Crippen molar-refractivity contribution in [2.75, 3.05) is 6.54 Å². The molecule has 0 fully saturated rings. The molecule has 2 rings (SSSR count). The van der Waals surface area contributed by atoms with Crippen molar-refractivity contribution in [2.24, 2.45) is 0 Å². The first kappa shape index (κ1) is 11.7. The first-order valence-electron chi connectivity index (χ1n) is 5.57. The average Bonchev–Trinajstić information content (AvgIpc) is 2.37. The van der Waals surface area contributed by atoms with E-state index in [-0.39, 0.29) is 11.9 Å². The minimum atomic E-state index is -0.249. The molecule has 1 atom stereocenters. The van der Waals surface area contributed by atoms with Crippen LogP contribution < -0.4 is 5.32 Å². The van der Waals surface area contributed by atoms with Gasteiger partial charge in [0.05, 0.1) is 6.04 Å². The molecule has 0 saturated heterocycles. The molecule has 1 aromatic heterocycles. The van der Waals surface area contributed by atoms with E-state index < -0.39 is 0 Å². The fourth-order valence-electron chi connectivity index (χ4n) is 1.71. The van der Waals surface area contributed by atoms with Crippen LogP contribution in [0.25, 0.3) is 0 Å². The van der Waals surface area contributed by atoms with Crippen LogP contribution >= 0.6 is 0 Å². The summed E-state index contributed by atoms with van der Waals surface area (Å²) in [7, 11) is 0. The highest BCUT2D eigenvalue weighted by Gasteiger charge is 2.15. The van der Waals surface area contributed by atoms with Gasteiger partial charge in [0.25, 0.3) is 0 Å². The van der Waals surface area contributed by atoms with E-state index in [0.717, 1.165) is 12.1 Å². The quantitative estimate of drug-likeness (QED) is 0.877. The van der Waals surface area contributed by atoms with Crippen LogP contribution in [0, 0.1) is 5.82 Å². The fraction of sp³-hybridized carbons (Fsp3) is 0.231. The Bertz CT molecular complexity index is 473. The summed E-state index contributed by atoms with van der Waals surface area (Å²) in [6.07, 6.45) is 3.37. The smallest absolute Gasteiger partial charge is 0.149 e. The van der Waals surface area contributed by atoms with Crippen molar-refractivity contribution >= 4 is 0 Å². The number of aromatic nitrogens is 2. The zero-order valence-electron chi connectivity index (χ0n) is 9.60. The Morgan fingerprint density at radius 1 is 1.24 bits per heavy atom. The Kier molecular flexibility index (Phi) is 3.77. The van der Waals surface area contributed by atoms with Gasteiger partial charge < -0.3 is 5.32 Å². The van der Waals surface area contributed by atoms with E-state index in [9.17, 15) is 4.39 Å². The first-order chi connectivity index (χ1) is 8.31. The molecule has 0 bridgehead atoms. The molecule has 0 aliphatic heterocycles. The Morgan fingerprint density at radius 3 is 2.65 bits per heavy atom. The van der Waals surface area contributed by atoms with Crippen LogP contribution in [0.4, 0.5) is 4.39 Å². The van der Waals surface area contributed by atoms with E-state index in [2.05, 4.69) is 15.3 Å².